The van der Waals surface area contributed by atoms with Gasteiger partial charge in [-0.2, -0.15) is 13.2 Å². The van der Waals surface area contributed by atoms with E-state index in [4.69, 9.17) is 9.47 Å². The van der Waals surface area contributed by atoms with Gasteiger partial charge in [0.05, 0.1) is 31.2 Å². The van der Waals surface area contributed by atoms with Gasteiger partial charge in [0.25, 0.3) is 0 Å². The van der Waals surface area contributed by atoms with E-state index in [1.165, 1.54) is 44.8 Å². The van der Waals surface area contributed by atoms with Gasteiger partial charge in [-0.05, 0) is 24.3 Å². The average Bonchev–Trinajstić information content (AvgIpc) is 2.68. The fraction of sp³-hybridized carbons (Fsp3) is 0.158. The Labute approximate surface area is 159 Å². The van der Waals surface area contributed by atoms with Crippen LogP contribution >= 0.6 is 0 Å². The highest BCUT2D eigenvalue weighted by Gasteiger charge is 2.33. The van der Waals surface area contributed by atoms with Gasteiger partial charge in [-0.25, -0.2) is 9.97 Å². The number of anilines is 4. The molecule has 9 heteroatoms. The van der Waals surface area contributed by atoms with E-state index in [9.17, 15) is 13.2 Å². The lowest BCUT2D eigenvalue weighted by Gasteiger charge is -2.15. The van der Waals surface area contributed by atoms with Crippen LogP contribution in [0.2, 0.25) is 0 Å². The van der Waals surface area contributed by atoms with Crippen molar-refractivity contribution < 1.29 is 22.6 Å². The number of nitrogens with one attached hydrogen (secondary N) is 2. The number of hydrogen-bond acceptors (Lipinski definition) is 6. The third kappa shape index (κ3) is 4.43. The van der Waals surface area contributed by atoms with Crippen LogP contribution in [-0.2, 0) is 6.18 Å². The first kappa shape index (κ1) is 19.3. The predicted molar refractivity (Wildman–Crippen MR) is 99.6 cm³/mol. The van der Waals surface area contributed by atoms with Crippen LogP contribution in [-0.4, -0.2) is 24.2 Å². The standard InChI is InChI=1S/C19H17F3N4O2/c1-27-12-7-8-16(28-2)15(9-12)26-18-10-17(23-11-24-18)25-14-6-4-3-5-13(14)19(20,21)22/h3-11H,1-2H3,(H2,23,24,25,26). The maximum atomic E-state index is 13.2. The molecule has 2 N–H and O–H groups in total. The molecule has 0 aliphatic rings. The molecule has 0 unspecified atom stereocenters. The molecule has 6 nitrogen and oxygen atoms in total. The Balaban J connectivity index is 1.87. The third-order valence-electron chi connectivity index (χ3n) is 3.83. The Hall–Kier alpha value is -3.49. The number of alkyl halides is 3. The fourth-order valence-corrected chi connectivity index (χ4v) is 2.52. The Morgan fingerprint density at radius 1 is 0.821 bits per heavy atom. The summed E-state index contributed by atoms with van der Waals surface area (Å²) in [5, 5.41) is 5.74. The Morgan fingerprint density at radius 3 is 2.14 bits per heavy atom. The molecule has 0 spiro atoms. The van der Waals surface area contributed by atoms with E-state index in [0.717, 1.165) is 6.07 Å². The normalized spacial score (nSPS) is 11.0. The zero-order chi connectivity index (χ0) is 20.1. The molecular formula is C19H17F3N4O2. The summed E-state index contributed by atoms with van der Waals surface area (Å²) in [7, 11) is 3.06. The van der Waals surface area contributed by atoms with E-state index in [1.807, 2.05) is 0 Å². The maximum Gasteiger partial charge on any atom is 0.418 e. The Bertz CT molecular complexity index is 964. The highest BCUT2D eigenvalue weighted by molar-refractivity contribution is 5.69. The van der Waals surface area contributed by atoms with Crippen molar-refractivity contribution in [3.63, 3.8) is 0 Å². The molecule has 0 fully saturated rings. The molecule has 0 aliphatic carbocycles. The summed E-state index contributed by atoms with van der Waals surface area (Å²) in [5.74, 6) is 1.73. The van der Waals surface area contributed by atoms with Gasteiger partial charge in [0.2, 0.25) is 0 Å². The highest BCUT2D eigenvalue weighted by atomic mass is 19.4. The number of para-hydroxylation sites is 1. The summed E-state index contributed by atoms with van der Waals surface area (Å²) in [6.45, 7) is 0. The molecule has 0 saturated carbocycles. The second-order valence-corrected chi connectivity index (χ2v) is 5.65. The van der Waals surface area contributed by atoms with Crippen LogP contribution in [0.25, 0.3) is 0 Å². The number of methoxy groups -OCH3 is 2. The SMILES string of the molecule is COc1ccc(OC)c(Nc2cc(Nc3ccccc3C(F)(F)F)ncn2)c1. The molecule has 2 aromatic carbocycles. The average molecular weight is 390 g/mol. The van der Waals surface area contributed by atoms with Crippen molar-refractivity contribution in [3.8, 4) is 11.5 Å². The van der Waals surface area contributed by atoms with Crippen LogP contribution in [0.5, 0.6) is 11.5 Å². The molecule has 146 valence electrons. The monoisotopic (exact) mass is 390 g/mol. The molecule has 0 bridgehead atoms. The van der Waals surface area contributed by atoms with Crippen molar-refractivity contribution in [2.24, 2.45) is 0 Å². The van der Waals surface area contributed by atoms with Gasteiger partial charge in [0.1, 0.15) is 29.5 Å². The van der Waals surface area contributed by atoms with Crippen molar-refractivity contribution in [2.75, 3.05) is 24.9 Å². The van der Waals surface area contributed by atoms with Gasteiger partial charge in [-0.15, -0.1) is 0 Å². The Kier molecular flexibility index (Phi) is 5.53. The van der Waals surface area contributed by atoms with Crippen molar-refractivity contribution in [2.45, 2.75) is 6.18 Å². The van der Waals surface area contributed by atoms with Gasteiger partial charge >= 0.3 is 6.18 Å². The van der Waals surface area contributed by atoms with E-state index in [1.54, 1.807) is 18.2 Å². The molecule has 0 atom stereocenters. The minimum atomic E-state index is -4.48. The fourth-order valence-electron chi connectivity index (χ4n) is 2.52. The lowest BCUT2D eigenvalue weighted by atomic mass is 10.1. The highest BCUT2D eigenvalue weighted by Crippen LogP contribution is 2.36. The zero-order valence-corrected chi connectivity index (χ0v) is 15.0. The molecule has 0 amide bonds. The second-order valence-electron chi connectivity index (χ2n) is 5.65. The second kappa shape index (κ2) is 8.03. The topological polar surface area (TPSA) is 68.3 Å². The van der Waals surface area contributed by atoms with E-state index >= 15 is 0 Å². The minimum Gasteiger partial charge on any atom is -0.497 e. The molecule has 0 saturated heterocycles. The van der Waals surface area contributed by atoms with Gasteiger partial charge in [0.15, 0.2) is 0 Å². The predicted octanol–water partition coefficient (Wildman–Crippen LogP) is 5.00. The maximum absolute atomic E-state index is 13.2. The van der Waals surface area contributed by atoms with Crippen LogP contribution in [0.4, 0.5) is 36.2 Å². The summed E-state index contributed by atoms with van der Waals surface area (Å²) < 4.78 is 50.0. The summed E-state index contributed by atoms with van der Waals surface area (Å²) in [6, 6.07) is 11.9. The van der Waals surface area contributed by atoms with E-state index in [-0.39, 0.29) is 11.5 Å². The first-order chi connectivity index (χ1) is 13.4. The van der Waals surface area contributed by atoms with Crippen molar-refractivity contribution >= 4 is 23.0 Å². The van der Waals surface area contributed by atoms with Crippen LogP contribution in [0, 0.1) is 0 Å². The number of nitrogens with zero attached hydrogens (tertiary/aromatic N) is 2. The molecule has 1 aromatic heterocycles. The third-order valence-corrected chi connectivity index (χ3v) is 3.83. The largest absolute Gasteiger partial charge is 0.497 e. The quantitative estimate of drug-likeness (QED) is 0.617. The van der Waals surface area contributed by atoms with Gasteiger partial charge in [-0.3, -0.25) is 0 Å². The molecule has 28 heavy (non-hydrogen) atoms. The number of benzene rings is 2. The van der Waals surface area contributed by atoms with Crippen LogP contribution < -0.4 is 20.1 Å². The van der Waals surface area contributed by atoms with Crippen molar-refractivity contribution in [1.82, 2.24) is 9.97 Å². The van der Waals surface area contributed by atoms with Gasteiger partial charge in [0, 0.05) is 12.1 Å². The van der Waals surface area contributed by atoms with Gasteiger partial charge in [-0.1, -0.05) is 12.1 Å². The van der Waals surface area contributed by atoms with E-state index in [2.05, 4.69) is 20.6 Å². The molecular weight excluding hydrogens is 373 g/mol. The van der Waals surface area contributed by atoms with Gasteiger partial charge < -0.3 is 20.1 Å². The molecule has 1 heterocycles. The first-order valence-electron chi connectivity index (χ1n) is 8.15. The first-order valence-corrected chi connectivity index (χ1v) is 8.15. The van der Waals surface area contributed by atoms with Crippen molar-refractivity contribution in [1.29, 1.82) is 0 Å². The molecule has 3 rings (SSSR count). The van der Waals surface area contributed by atoms with Crippen LogP contribution in [0.15, 0.2) is 54.9 Å². The number of ether oxygens (including phenoxy) is 2. The van der Waals surface area contributed by atoms with Crippen LogP contribution in [0.1, 0.15) is 5.56 Å². The molecule has 0 aliphatic heterocycles. The summed E-state index contributed by atoms with van der Waals surface area (Å²) in [6.07, 6.45) is -3.24. The minimum absolute atomic E-state index is 0.0985. The lowest BCUT2D eigenvalue weighted by Crippen LogP contribution is -2.09. The summed E-state index contributed by atoms with van der Waals surface area (Å²) in [4.78, 5) is 8.09. The number of hydrogen-bond donors (Lipinski definition) is 2. The smallest absolute Gasteiger partial charge is 0.418 e. The molecule has 3 aromatic rings. The zero-order valence-electron chi connectivity index (χ0n) is 15.0. The summed E-state index contributed by atoms with van der Waals surface area (Å²) in [5.41, 5.74) is -0.293. The number of halogens is 3. The summed E-state index contributed by atoms with van der Waals surface area (Å²) >= 11 is 0. The van der Waals surface area contributed by atoms with Crippen molar-refractivity contribution in [3.05, 3.63) is 60.4 Å². The van der Waals surface area contributed by atoms with E-state index in [0.29, 0.717) is 23.0 Å². The van der Waals surface area contributed by atoms with E-state index < -0.39 is 11.7 Å². The lowest BCUT2D eigenvalue weighted by molar-refractivity contribution is -0.136. The van der Waals surface area contributed by atoms with Crippen LogP contribution in [0.3, 0.4) is 0 Å². The Morgan fingerprint density at radius 2 is 1.50 bits per heavy atom. The molecule has 0 radical (unpaired) electrons. The number of rotatable bonds is 6. The number of aromatic nitrogens is 2.